The molecule has 0 spiro atoms. The molecule has 1 aliphatic rings. The predicted molar refractivity (Wildman–Crippen MR) is 89.6 cm³/mol. The van der Waals surface area contributed by atoms with Crippen LogP contribution in [0, 0.1) is 5.41 Å². The topological polar surface area (TPSA) is 12.0 Å². The molecular weight excluding hydrogens is 366 g/mol. The number of hydrogen-bond donors (Lipinski definition) is 1. The van der Waals surface area contributed by atoms with Crippen molar-refractivity contribution in [3.63, 3.8) is 0 Å². The van der Waals surface area contributed by atoms with E-state index in [0.717, 1.165) is 19.0 Å². The predicted octanol–water partition coefficient (Wildman–Crippen LogP) is 5.31. The fraction of sp³-hybridized carbons (Fsp3) is 0.625. The van der Waals surface area contributed by atoms with Crippen molar-refractivity contribution >= 4 is 31.9 Å². The number of aryl methyl sites for hydroxylation is 1. The Bertz CT molecular complexity index is 425. The Morgan fingerprint density at radius 2 is 1.95 bits per heavy atom. The molecule has 0 radical (unpaired) electrons. The Hall–Kier alpha value is 0.140. The SMILES string of the molecule is CC(C)(CCNC1CC1)CCc1cc(Br)ccc1Br. The first-order valence-corrected chi connectivity index (χ1v) is 8.72. The fourth-order valence-electron chi connectivity index (χ4n) is 2.24. The molecular formula is C16H23Br2N. The highest BCUT2D eigenvalue weighted by atomic mass is 79.9. The van der Waals surface area contributed by atoms with Crippen molar-refractivity contribution in [3.8, 4) is 0 Å². The first-order valence-electron chi connectivity index (χ1n) is 7.14. The largest absolute Gasteiger partial charge is 0.314 e. The van der Waals surface area contributed by atoms with Crippen LogP contribution < -0.4 is 5.32 Å². The molecule has 1 aromatic rings. The maximum atomic E-state index is 3.64. The van der Waals surface area contributed by atoms with Gasteiger partial charge in [-0.3, -0.25) is 0 Å². The zero-order chi connectivity index (χ0) is 13.9. The molecule has 1 aliphatic carbocycles. The Morgan fingerprint density at radius 3 is 2.63 bits per heavy atom. The van der Waals surface area contributed by atoms with Gasteiger partial charge in [0.2, 0.25) is 0 Å². The first kappa shape index (κ1) is 15.5. The van der Waals surface area contributed by atoms with Gasteiger partial charge in [0.05, 0.1) is 0 Å². The summed E-state index contributed by atoms with van der Waals surface area (Å²) in [4.78, 5) is 0. The molecule has 2 rings (SSSR count). The summed E-state index contributed by atoms with van der Waals surface area (Å²) in [6, 6.07) is 7.26. The van der Waals surface area contributed by atoms with Crippen LogP contribution in [-0.4, -0.2) is 12.6 Å². The molecule has 0 aliphatic heterocycles. The molecule has 0 aromatic heterocycles. The molecule has 106 valence electrons. The van der Waals surface area contributed by atoms with E-state index < -0.39 is 0 Å². The van der Waals surface area contributed by atoms with Crippen molar-refractivity contribution in [3.05, 3.63) is 32.7 Å². The lowest BCUT2D eigenvalue weighted by molar-refractivity contribution is 0.301. The summed E-state index contributed by atoms with van der Waals surface area (Å²) in [6.45, 7) is 5.93. The molecule has 0 atom stereocenters. The van der Waals surface area contributed by atoms with Gasteiger partial charge in [0, 0.05) is 15.0 Å². The van der Waals surface area contributed by atoms with Gasteiger partial charge in [-0.25, -0.2) is 0 Å². The standard InChI is InChI=1S/C16H23Br2N/c1-16(2,9-10-19-14-4-5-14)8-7-12-11-13(17)3-6-15(12)18/h3,6,11,14,19H,4-5,7-10H2,1-2H3. The number of hydrogen-bond acceptors (Lipinski definition) is 1. The molecule has 1 aromatic carbocycles. The van der Waals surface area contributed by atoms with Crippen molar-refractivity contribution in [2.24, 2.45) is 5.41 Å². The van der Waals surface area contributed by atoms with Gasteiger partial charge in [-0.1, -0.05) is 45.7 Å². The van der Waals surface area contributed by atoms with Crippen LogP contribution in [0.5, 0.6) is 0 Å². The van der Waals surface area contributed by atoms with Crippen LogP contribution in [0.4, 0.5) is 0 Å². The maximum absolute atomic E-state index is 3.64. The molecule has 1 nitrogen and oxygen atoms in total. The molecule has 19 heavy (non-hydrogen) atoms. The lowest BCUT2D eigenvalue weighted by Gasteiger charge is -2.25. The Labute approximate surface area is 133 Å². The van der Waals surface area contributed by atoms with E-state index in [4.69, 9.17) is 0 Å². The number of rotatable bonds is 7. The second-order valence-electron chi connectivity index (χ2n) is 6.38. The van der Waals surface area contributed by atoms with Crippen LogP contribution in [0.25, 0.3) is 0 Å². The first-order chi connectivity index (χ1) is 8.96. The highest BCUT2D eigenvalue weighted by molar-refractivity contribution is 9.11. The Balaban J connectivity index is 1.79. The number of benzene rings is 1. The van der Waals surface area contributed by atoms with E-state index in [1.807, 2.05) is 0 Å². The normalized spacial score (nSPS) is 15.8. The summed E-state index contributed by atoms with van der Waals surface area (Å²) >= 11 is 7.20. The quantitative estimate of drug-likeness (QED) is 0.667. The average Bonchev–Trinajstić information content (AvgIpc) is 3.14. The van der Waals surface area contributed by atoms with Crippen molar-refractivity contribution in [2.75, 3.05) is 6.54 Å². The van der Waals surface area contributed by atoms with E-state index in [-0.39, 0.29) is 0 Å². The summed E-state index contributed by atoms with van der Waals surface area (Å²) in [6.07, 6.45) is 6.39. The van der Waals surface area contributed by atoms with Gasteiger partial charge >= 0.3 is 0 Å². The summed E-state index contributed by atoms with van der Waals surface area (Å²) < 4.78 is 2.39. The van der Waals surface area contributed by atoms with E-state index in [2.05, 4.69) is 69.2 Å². The second kappa shape index (κ2) is 6.73. The number of halogens is 2. The minimum atomic E-state index is 0.406. The van der Waals surface area contributed by atoms with Crippen LogP contribution in [0.1, 0.15) is 45.1 Å². The van der Waals surface area contributed by atoms with Crippen molar-refractivity contribution in [1.29, 1.82) is 0 Å². The summed E-state index contributed by atoms with van der Waals surface area (Å²) in [7, 11) is 0. The molecule has 0 unspecified atom stereocenters. The van der Waals surface area contributed by atoms with Gasteiger partial charge in [-0.05, 0) is 67.8 Å². The second-order valence-corrected chi connectivity index (χ2v) is 8.15. The van der Waals surface area contributed by atoms with Crippen molar-refractivity contribution in [1.82, 2.24) is 5.32 Å². The fourth-order valence-corrected chi connectivity index (χ4v) is 3.09. The lowest BCUT2D eigenvalue weighted by atomic mass is 9.83. The molecule has 1 fully saturated rings. The molecule has 3 heteroatoms. The van der Waals surface area contributed by atoms with Crippen LogP contribution in [-0.2, 0) is 6.42 Å². The van der Waals surface area contributed by atoms with Crippen LogP contribution in [0.3, 0.4) is 0 Å². The maximum Gasteiger partial charge on any atom is 0.0208 e. The Morgan fingerprint density at radius 1 is 1.21 bits per heavy atom. The highest BCUT2D eigenvalue weighted by Crippen LogP contribution is 2.30. The average molecular weight is 389 g/mol. The third-order valence-electron chi connectivity index (χ3n) is 3.89. The van der Waals surface area contributed by atoms with Crippen LogP contribution >= 0.6 is 31.9 Å². The highest BCUT2D eigenvalue weighted by Gasteiger charge is 2.22. The van der Waals surface area contributed by atoms with E-state index in [1.165, 1.54) is 40.2 Å². The van der Waals surface area contributed by atoms with E-state index in [9.17, 15) is 0 Å². The third-order valence-corrected chi connectivity index (χ3v) is 5.16. The molecule has 0 saturated heterocycles. The van der Waals surface area contributed by atoms with Gasteiger partial charge in [0.25, 0.3) is 0 Å². The van der Waals surface area contributed by atoms with Crippen molar-refractivity contribution < 1.29 is 0 Å². The van der Waals surface area contributed by atoms with Gasteiger partial charge in [0.15, 0.2) is 0 Å². The smallest absolute Gasteiger partial charge is 0.0208 e. The molecule has 1 saturated carbocycles. The third kappa shape index (κ3) is 5.57. The minimum absolute atomic E-state index is 0.406. The van der Waals surface area contributed by atoms with E-state index >= 15 is 0 Å². The van der Waals surface area contributed by atoms with E-state index in [0.29, 0.717) is 5.41 Å². The van der Waals surface area contributed by atoms with Gasteiger partial charge < -0.3 is 5.32 Å². The van der Waals surface area contributed by atoms with E-state index in [1.54, 1.807) is 0 Å². The number of nitrogens with one attached hydrogen (secondary N) is 1. The summed E-state index contributed by atoms with van der Waals surface area (Å²) in [5.74, 6) is 0. The monoisotopic (exact) mass is 387 g/mol. The molecule has 0 amide bonds. The van der Waals surface area contributed by atoms with Crippen LogP contribution in [0.2, 0.25) is 0 Å². The lowest BCUT2D eigenvalue weighted by Crippen LogP contribution is -2.24. The zero-order valence-electron chi connectivity index (χ0n) is 11.8. The van der Waals surface area contributed by atoms with Gasteiger partial charge in [-0.2, -0.15) is 0 Å². The zero-order valence-corrected chi connectivity index (χ0v) is 15.0. The van der Waals surface area contributed by atoms with Crippen LogP contribution in [0.15, 0.2) is 27.1 Å². The van der Waals surface area contributed by atoms with Gasteiger partial charge in [0.1, 0.15) is 0 Å². The molecule has 1 N–H and O–H groups in total. The minimum Gasteiger partial charge on any atom is -0.314 e. The summed E-state index contributed by atoms with van der Waals surface area (Å²) in [5, 5.41) is 3.61. The Kier molecular flexibility index (Phi) is 5.50. The molecule has 0 heterocycles. The molecule has 0 bridgehead atoms. The van der Waals surface area contributed by atoms with Gasteiger partial charge in [-0.15, -0.1) is 0 Å². The summed E-state index contributed by atoms with van der Waals surface area (Å²) in [5.41, 5.74) is 1.81. The van der Waals surface area contributed by atoms with Crippen molar-refractivity contribution in [2.45, 2.75) is 52.0 Å².